The van der Waals surface area contributed by atoms with Crippen LogP contribution in [-0.2, 0) is 17.9 Å². The van der Waals surface area contributed by atoms with Crippen molar-refractivity contribution < 1.29 is 9.21 Å². The lowest BCUT2D eigenvalue weighted by Gasteiger charge is -2.07. The Balaban J connectivity index is 1.28. The number of hydrogen-bond donors (Lipinski definition) is 2. The molecule has 5 aromatic rings. The first-order valence-electron chi connectivity index (χ1n) is 9.52. The number of carbonyl (C=O) groups excluding carboxylic acids is 1. The van der Waals surface area contributed by atoms with Gasteiger partial charge in [-0.15, -0.1) is 11.3 Å². The number of hydrogen-bond acceptors (Lipinski definition) is 6. The van der Waals surface area contributed by atoms with Crippen LogP contribution in [0.15, 0.2) is 74.7 Å². The first-order valence-corrected chi connectivity index (χ1v) is 10.3. The zero-order valence-electron chi connectivity index (χ0n) is 16.1. The molecule has 0 unspecified atom stereocenters. The number of aromatic amines is 1. The number of nitrogens with one attached hydrogen (secondary N) is 2. The van der Waals surface area contributed by atoms with Crippen molar-refractivity contribution in [2.45, 2.75) is 13.1 Å². The maximum atomic E-state index is 12.5. The lowest BCUT2D eigenvalue weighted by molar-refractivity contribution is -0.122. The molecule has 9 heteroatoms. The molecule has 2 N–H and O–H groups in total. The van der Waals surface area contributed by atoms with Gasteiger partial charge in [-0.05, 0) is 36.4 Å². The van der Waals surface area contributed by atoms with Crippen LogP contribution in [-0.4, -0.2) is 20.7 Å². The van der Waals surface area contributed by atoms with E-state index in [1.165, 1.54) is 11.3 Å². The van der Waals surface area contributed by atoms with Gasteiger partial charge in [0, 0.05) is 0 Å². The molecule has 8 nitrogen and oxygen atoms in total. The van der Waals surface area contributed by atoms with E-state index in [-0.39, 0.29) is 18.5 Å². The summed E-state index contributed by atoms with van der Waals surface area (Å²) >= 11 is 1.53. The van der Waals surface area contributed by atoms with E-state index >= 15 is 0 Å². The zero-order chi connectivity index (χ0) is 21.4. The van der Waals surface area contributed by atoms with Crippen molar-refractivity contribution in [3.63, 3.8) is 0 Å². The van der Waals surface area contributed by atoms with E-state index in [0.29, 0.717) is 16.9 Å². The average Bonchev–Trinajstić information content (AvgIpc) is 3.43. The van der Waals surface area contributed by atoms with Crippen LogP contribution in [0.3, 0.4) is 0 Å². The van der Waals surface area contributed by atoms with Crippen LogP contribution in [0, 0.1) is 0 Å². The summed E-state index contributed by atoms with van der Waals surface area (Å²) in [5.41, 5.74) is 0.0551. The van der Waals surface area contributed by atoms with Crippen LogP contribution in [0.25, 0.3) is 31.8 Å². The van der Waals surface area contributed by atoms with Gasteiger partial charge in [0.05, 0.1) is 27.5 Å². The van der Waals surface area contributed by atoms with Gasteiger partial charge in [-0.25, -0.2) is 9.67 Å². The topological polar surface area (TPSA) is 110 Å². The van der Waals surface area contributed by atoms with Crippen LogP contribution in [0.4, 0.5) is 0 Å². The van der Waals surface area contributed by atoms with Crippen LogP contribution in [0.2, 0.25) is 0 Å². The maximum Gasteiger partial charge on any atom is 0.273 e. The van der Waals surface area contributed by atoms with Crippen LogP contribution < -0.4 is 16.4 Å². The molecule has 0 aliphatic heterocycles. The molecule has 31 heavy (non-hydrogen) atoms. The fraction of sp³-hybridized carbons (Fsp3) is 0.0909. The second-order valence-corrected chi connectivity index (χ2v) is 7.94. The second-order valence-electron chi connectivity index (χ2n) is 6.91. The van der Waals surface area contributed by atoms with Gasteiger partial charge in [0.15, 0.2) is 10.8 Å². The van der Waals surface area contributed by atoms with Gasteiger partial charge in [0.2, 0.25) is 5.91 Å². The molecule has 1 amide bonds. The minimum Gasteiger partial charge on any atom is -0.457 e. The minimum atomic E-state index is -0.429. The molecular formula is C22H16N4O4S. The molecule has 2 aromatic carbocycles. The molecule has 0 aliphatic carbocycles. The minimum absolute atomic E-state index is 0.149. The predicted octanol–water partition coefficient (Wildman–Crippen LogP) is 2.88. The summed E-state index contributed by atoms with van der Waals surface area (Å²) in [7, 11) is 0. The van der Waals surface area contributed by atoms with E-state index in [0.717, 1.165) is 19.9 Å². The Hall–Kier alpha value is -3.98. The van der Waals surface area contributed by atoms with Crippen molar-refractivity contribution in [2.24, 2.45) is 0 Å². The largest absolute Gasteiger partial charge is 0.457 e. The Kier molecular flexibility index (Phi) is 4.72. The van der Waals surface area contributed by atoms with Crippen LogP contribution in [0.1, 0.15) is 5.76 Å². The molecule has 154 valence electrons. The summed E-state index contributed by atoms with van der Waals surface area (Å²) in [5, 5.41) is 6.47. The normalized spacial score (nSPS) is 11.2. The Morgan fingerprint density at radius 1 is 1.03 bits per heavy atom. The first kappa shape index (κ1) is 19.0. The number of thiazole rings is 1. The van der Waals surface area contributed by atoms with Crippen molar-refractivity contribution >= 4 is 38.2 Å². The highest BCUT2D eigenvalue weighted by Crippen LogP contribution is 2.31. The molecule has 0 aliphatic rings. The Labute approximate surface area is 178 Å². The summed E-state index contributed by atoms with van der Waals surface area (Å²) in [6.45, 7) is -0.152. The first-order chi connectivity index (χ1) is 15.1. The van der Waals surface area contributed by atoms with E-state index in [1.807, 2.05) is 30.3 Å². The van der Waals surface area contributed by atoms with E-state index in [4.69, 9.17) is 4.42 Å². The highest BCUT2D eigenvalue weighted by Gasteiger charge is 2.13. The zero-order valence-corrected chi connectivity index (χ0v) is 16.9. The number of carbonyl (C=O) groups is 1. The highest BCUT2D eigenvalue weighted by molar-refractivity contribution is 7.21. The molecule has 3 heterocycles. The molecule has 0 atom stereocenters. The number of H-pyrrole nitrogens is 1. The van der Waals surface area contributed by atoms with Gasteiger partial charge in [-0.3, -0.25) is 19.5 Å². The monoisotopic (exact) mass is 432 g/mol. The van der Waals surface area contributed by atoms with Gasteiger partial charge < -0.3 is 9.73 Å². The maximum absolute atomic E-state index is 12.5. The molecular weight excluding hydrogens is 416 g/mol. The van der Waals surface area contributed by atoms with Crippen molar-refractivity contribution in [1.29, 1.82) is 0 Å². The second kappa shape index (κ2) is 7.69. The fourth-order valence-electron chi connectivity index (χ4n) is 3.31. The standard InChI is InChI=1S/C22H16N4O4S/c27-19(12-26-22(29)15-6-2-1-5-14(15)20(28)25-26)23-11-13-9-10-17(30-13)21-24-16-7-3-4-8-18(16)31-21/h1-10H,11-12H2,(H,23,27)(H,25,28). The number of furan rings is 1. The van der Waals surface area contributed by atoms with E-state index in [2.05, 4.69) is 15.4 Å². The van der Waals surface area contributed by atoms with Crippen molar-refractivity contribution in [3.05, 3.63) is 87.1 Å². The van der Waals surface area contributed by atoms with Crippen molar-refractivity contribution in [3.8, 4) is 10.8 Å². The number of amides is 1. The summed E-state index contributed by atoms with van der Waals surface area (Å²) in [5.74, 6) is 0.758. The van der Waals surface area contributed by atoms with Crippen molar-refractivity contribution in [2.75, 3.05) is 0 Å². The molecule has 0 radical (unpaired) electrons. The number of benzene rings is 2. The molecule has 0 fully saturated rings. The van der Waals surface area contributed by atoms with Gasteiger partial charge in [-0.2, -0.15) is 0 Å². The summed E-state index contributed by atoms with van der Waals surface area (Å²) in [6, 6.07) is 17.9. The molecule has 3 aromatic heterocycles. The molecule has 0 saturated heterocycles. The third-order valence-corrected chi connectivity index (χ3v) is 5.86. The number of fused-ring (bicyclic) bond motifs is 2. The molecule has 0 bridgehead atoms. The lowest BCUT2D eigenvalue weighted by atomic mass is 10.2. The third-order valence-electron chi connectivity index (χ3n) is 4.81. The summed E-state index contributed by atoms with van der Waals surface area (Å²) in [4.78, 5) is 41.6. The smallest absolute Gasteiger partial charge is 0.273 e. The Bertz CT molecular complexity index is 1510. The van der Waals surface area contributed by atoms with E-state index in [9.17, 15) is 14.4 Å². The van der Waals surface area contributed by atoms with Gasteiger partial charge in [-0.1, -0.05) is 24.3 Å². The molecule has 0 spiro atoms. The van der Waals surface area contributed by atoms with E-state index < -0.39 is 17.0 Å². The third kappa shape index (κ3) is 3.66. The van der Waals surface area contributed by atoms with Crippen molar-refractivity contribution in [1.82, 2.24) is 20.1 Å². The van der Waals surface area contributed by atoms with Gasteiger partial charge in [0.1, 0.15) is 12.3 Å². The molecule has 0 saturated carbocycles. The number of rotatable bonds is 5. The Morgan fingerprint density at radius 3 is 2.65 bits per heavy atom. The summed E-state index contributed by atoms with van der Waals surface area (Å²) in [6.07, 6.45) is 0. The molecule has 5 rings (SSSR count). The Morgan fingerprint density at radius 2 is 1.81 bits per heavy atom. The quantitative estimate of drug-likeness (QED) is 0.444. The average molecular weight is 432 g/mol. The SMILES string of the molecule is O=C(Cn1[nH]c(=O)c2ccccc2c1=O)NCc1ccc(-c2nc3ccccc3s2)o1. The lowest BCUT2D eigenvalue weighted by Crippen LogP contribution is -2.36. The van der Waals surface area contributed by atoms with E-state index in [1.54, 1.807) is 30.3 Å². The fourth-order valence-corrected chi connectivity index (χ4v) is 4.24. The van der Waals surface area contributed by atoms with Crippen LogP contribution >= 0.6 is 11.3 Å². The van der Waals surface area contributed by atoms with Crippen LogP contribution in [0.5, 0.6) is 0 Å². The van der Waals surface area contributed by atoms with Gasteiger partial charge in [0.25, 0.3) is 11.1 Å². The highest BCUT2D eigenvalue weighted by atomic mass is 32.1. The number of aromatic nitrogens is 3. The number of nitrogens with zero attached hydrogens (tertiary/aromatic N) is 2. The number of para-hydroxylation sites is 1. The summed E-state index contributed by atoms with van der Waals surface area (Å²) < 4.78 is 7.88. The van der Waals surface area contributed by atoms with Gasteiger partial charge >= 0.3 is 0 Å². The predicted molar refractivity (Wildman–Crippen MR) is 118 cm³/mol.